The van der Waals surface area contributed by atoms with Crippen molar-refractivity contribution >= 4 is 5.91 Å². The number of hydrogen-bond donors (Lipinski definition) is 1. The number of carbonyl (C=O) groups is 1. The van der Waals surface area contributed by atoms with Crippen molar-refractivity contribution in [2.75, 3.05) is 46.4 Å². The van der Waals surface area contributed by atoms with Crippen molar-refractivity contribution in [3.8, 4) is 0 Å². The molecule has 1 heterocycles. The van der Waals surface area contributed by atoms with Gasteiger partial charge in [-0.2, -0.15) is 0 Å². The van der Waals surface area contributed by atoms with Gasteiger partial charge in [-0.25, -0.2) is 0 Å². The molecule has 2 fully saturated rings. The van der Waals surface area contributed by atoms with Crippen molar-refractivity contribution in [1.82, 2.24) is 9.80 Å². The summed E-state index contributed by atoms with van der Waals surface area (Å²) in [5.74, 6) is 0.186. The van der Waals surface area contributed by atoms with Crippen LogP contribution in [-0.4, -0.2) is 67.7 Å². The van der Waals surface area contributed by atoms with Gasteiger partial charge in [0.05, 0.1) is 12.1 Å². The van der Waals surface area contributed by atoms with Gasteiger partial charge < -0.3 is 15.4 Å². The highest BCUT2D eigenvalue weighted by Crippen LogP contribution is 2.28. The Morgan fingerprint density at radius 1 is 1.10 bits per heavy atom. The lowest BCUT2D eigenvalue weighted by Crippen LogP contribution is -2.56. The highest BCUT2D eigenvalue weighted by Gasteiger charge is 2.38. The van der Waals surface area contributed by atoms with Gasteiger partial charge in [0.15, 0.2) is 0 Å². The van der Waals surface area contributed by atoms with Gasteiger partial charge in [-0.15, -0.1) is 0 Å². The maximum Gasteiger partial charge on any atom is 0.242 e. The first-order valence-electron chi connectivity index (χ1n) is 7.95. The van der Waals surface area contributed by atoms with E-state index in [1.807, 2.05) is 4.90 Å². The van der Waals surface area contributed by atoms with E-state index in [2.05, 4.69) is 4.90 Å². The SMILES string of the molecule is COCCN1CCCN(C(=O)C2(N)CCCCC2)CC1. The number of methoxy groups -OCH3 is 1. The fraction of sp³-hybridized carbons (Fsp3) is 0.933. The third-order valence-corrected chi connectivity index (χ3v) is 4.66. The van der Waals surface area contributed by atoms with E-state index in [-0.39, 0.29) is 5.91 Å². The quantitative estimate of drug-likeness (QED) is 0.830. The topological polar surface area (TPSA) is 58.8 Å². The monoisotopic (exact) mass is 283 g/mol. The third kappa shape index (κ3) is 3.93. The molecule has 0 unspecified atom stereocenters. The van der Waals surface area contributed by atoms with E-state index in [1.54, 1.807) is 7.11 Å². The summed E-state index contributed by atoms with van der Waals surface area (Å²) in [5.41, 5.74) is 5.79. The first-order chi connectivity index (χ1) is 9.65. The van der Waals surface area contributed by atoms with Gasteiger partial charge in [0.25, 0.3) is 0 Å². The zero-order valence-corrected chi connectivity index (χ0v) is 12.8. The van der Waals surface area contributed by atoms with Gasteiger partial charge in [-0.3, -0.25) is 9.69 Å². The maximum atomic E-state index is 12.7. The van der Waals surface area contributed by atoms with Crippen molar-refractivity contribution in [1.29, 1.82) is 0 Å². The summed E-state index contributed by atoms with van der Waals surface area (Å²) in [5, 5.41) is 0. The molecular formula is C15H29N3O2. The molecule has 0 aromatic carbocycles. The molecule has 1 aliphatic heterocycles. The fourth-order valence-electron chi connectivity index (χ4n) is 3.33. The van der Waals surface area contributed by atoms with Crippen LogP contribution in [0.2, 0.25) is 0 Å². The number of rotatable bonds is 4. The molecule has 5 nitrogen and oxygen atoms in total. The highest BCUT2D eigenvalue weighted by atomic mass is 16.5. The van der Waals surface area contributed by atoms with Gasteiger partial charge in [-0.05, 0) is 25.8 Å². The summed E-state index contributed by atoms with van der Waals surface area (Å²) in [6.45, 7) is 5.35. The zero-order valence-electron chi connectivity index (χ0n) is 12.8. The molecule has 116 valence electrons. The predicted octanol–water partition coefficient (Wildman–Crippen LogP) is 0.829. The molecule has 2 aliphatic rings. The molecule has 0 spiro atoms. The third-order valence-electron chi connectivity index (χ3n) is 4.66. The Bertz CT molecular complexity index is 316. The predicted molar refractivity (Wildman–Crippen MR) is 79.5 cm³/mol. The average molecular weight is 283 g/mol. The van der Waals surface area contributed by atoms with E-state index in [4.69, 9.17) is 10.5 Å². The largest absolute Gasteiger partial charge is 0.383 e. The summed E-state index contributed by atoms with van der Waals surface area (Å²) in [7, 11) is 1.73. The molecule has 0 atom stereocenters. The van der Waals surface area contributed by atoms with Crippen LogP contribution in [-0.2, 0) is 9.53 Å². The highest BCUT2D eigenvalue weighted by molar-refractivity contribution is 5.86. The minimum Gasteiger partial charge on any atom is -0.383 e. The number of carbonyl (C=O) groups excluding carboxylic acids is 1. The molecule has 0 aromatic heterocycles. The molecule has 5 heteroatoms. The van der Waals surface area contributed by atoms with Crippen LogP contribution >= 0.6 is 0 Å². The van der Waals surface area contributed by atoms with Crippen LogP contribution in [0.25, 0.3) is 0 Å². The maximum absolute atomic E-state index is 12.7. The lowest BCUT2D eigenvalue weighted by Gasteiger charge is -2.36. The Labute approximate surface area is 122 Å². The van der Waals surface area contributed by atoms with Crippen molar-refractivity contribution in [2.45, 2.75) is 44.1 Å². The van der Waals surface area contributed by atoms with Gasteiger partial charge >= 0.3 is 0 Å². The fourth-order valence-corrected chi connectivity index (χ4v) is 3.33. The van der Waals surface area contributed by atoms with E-state index in [0.29, 0.717) is 0 Å². The van der Waals surface area contributed by atoms with Gasteiger partial charge in [0.1, 0.15) is 0 Å². The number of nitrogens with two attached hydrogens (primary N) is 1. The zero-order chi connectivity index (χ0) is 14.4. The lowest BCUT2D eigenvalue weighted by atomic mass is 9.81. The minimum atomic E-state index is -0.583. The molecule has 20 heavy (non-hydrogen) atoms. The number of nitrogens with zero attached hydrogens (tertiary/aromatic N) is 2. The van der Waals surface area contributed by atoms with E-state index >= 15 is 0 Å². The van der Waals surface area contributed by atoms with Gasteiger partial charge in [-0.1, -0.05) is 19.3 Å². The van der Waals surface area contributed by atoms with Crippen molar-refractivity contribution in [2.24, 2.45) is 5.73 Å². The molecule has 2 N–H and O–H groups in total. The smallest absolute Gasteiger partial charge is 0.242 e. The van der Waals surface area contributed by atoms with Crippen LogP contribution in [0.5, 0.6) is 0 Å². The number of amides is 1. The molecule has 0 radical (unpaired) electrons. The van der Waals surface area contributed by atoms with Crippen LogP contribution in [0.3, 0.4) is 0 Å². The summed E-state index contributed by atoms with van der Waals surface area (Å²) >= 11 is 0. The average Bonchev–Trinajstić information content (AvgIpc) is 2.70. The van der Waals surface area contributed by atoms with Gasteiger partial charge in [0.2, 0.25) is 5.91 Å². The molecule has 1 aliphatic carbocycles. The summed E-state index contributed by atoms with van der Waals surface area (Å²) in [4.78, 5) is 17.1. The first-order valence-corrected chi connectivity index (χ1v) is 7.95. The van der Waals surface area contributed by atoms with Crippen LogP contribution < -0.4 is 5.73 Å². The van der Waals surface area contributed by atoms with Crippen molar-refractivity contribution in [3.05, 3.63) is 0 Å². The Morgan fingerprint density at radius 3 is 2.55 bits per heavy atom. The summed E-state index contributed by atoms with van der Waals surface area (Å²) in [6.07, 6.45) is 6.15. The lowest BCUT2D eigenvalue weighted by molar-refractivity contribution is -0.138. The minimum absolute atomic E-state index is 0.186. The molecule has 1 amide bonds. The van der Waals surface area contributed by atoms with Crippen molar-refractivity contribution < 1.29 is 9.53 Å². The molecule has 1 saturated heterocycles. The standard InChI is InChI=1S/C15H29N3O2/c1-20-13-12-17-8-5-9-18(11-10-17)14(19)15(16)6-3-2-4-7-15/h2-13,16H2,1H3. The Morgan fingerprint density at radius 2 is 1.85 bits per heavy atom. The van der Waals surface area contributed by atoms with E-state index in [0.717, 1.165) is 71.4 Å². The van der Waals surface area contributed by atoms with Gasteiger partial charge in [0, 0.05) is 33.3 Å². The second-order valence-electron chi connectivity index (χ2n) is 6.20. The van der Waals surface area contributed by atoms with E-state index in [1.165, 1.54) is 6.42 Å². The van der Waals surface area contributed by atoms with Crippen LogP contribution in [0.1, 0.15) is 38.5 Å². The Hall–Kier alpha value is -0.650. The van der Waals surface area contributed by atoms with E-state index < -0.39 is 5.54 Å². The molecular weight excluding hydrogens is 254 g/mol. The molecule has 0 aromatic rings. The molecule has 2 rings (SSSR count). The van der Waals surface area contributed by atoms with Crippen molar-refractivity contribution in [3.63, 3.8) is 0 Å². The van der Waals surface area contributed by atoms with Crippen LogP contribution in [0.4, 0.5) is 0 Å². The number of hydrogen-bond acceptors (Lipinski definition) is 4. The van der Waals surface area contributed by atoms with Crippen LogP contribution in [0.15, 0.2) is 0 Å². The summed E-state index contributed by atoms with van der Waals surface area (Å²) in [6, 6.07) is 0. The van der Waals surface area contributed by atoms with E-state index in [9.17, 15) is 4.79 Å². The molecule has 1 saturated carbocycles. The Balaban J connectivity index is 1.87. The normalized spacial score (nSPS) is 24.4. The Kier molecular flexibility index (Phi) is 5.81. The summed E-state index contributed by atoms with van der Waals surface area (Å²) < 4.78 is 5.13. The van der Waals surface area contributed by atoms with Crippen LogP contribution in [0, 0.1) is 0 Å². The second-order valence-corrected chi connectivity index (χ2v) is 6.20. The second kappa shape index (κ2) is 7.38. The number of ether oxygens (including phenoxy) is 1. The molecule has 0 bridgehead atoms. The first kappa shape index (κ1) is 15.7.